The summed E-state index contributed by atoms with van der Waals surface area (Å²) < 4.78 is 45.1. The lowest BCUT2D eigenvalue weighted by atomic mass is 10.1. The largest absolute Gasteiger partial charge is 0.456 e. The summed E-state index contributed by atoms with van der Waals surface area (Å²) in [4.78, 5) is 13.0. The van der Waals surface area contributed by atoms with E-state index in [-0.39, 0.29) is 34.5 Å². The molecule has 0 saturated carbocycles. The molecule has 4 aromatic rings. The van der Waals surface area contributed by atoms with Crippen LogP contribution in [-0.4, -0.2) is 21.1 Å². The summed E-state index contributed by atoms with van der Waals surface area (Å²) in [5, 5.41) is 3.49. The molecule has 1 aliphatic rings. The van der Waals surface area contributed by atoms with Crippen LogP contribution < -0.4 is 24.2 Å². The van der Waals surface area contributed by atoms with Gasteiger partial charge >= 0.3 is 0 Å². The maximum absolute atomic E-state index is 13.1. The van der Waals surface area contributed by atoms with E-state index in [9.17, 15) is 13.2 Å². The molecule has 4 aromatic carbocycles. The first-order valence-corrected chi connectivity index (χ1v) is 13.5. The number of benzene rings is 4. The third kappa shape index (κ3) is 5.80. The molecule has 0 unspecified atom stereocenters. The molecule has 0 fully saturated rings. The summed E-state index contributed by atoms with van der Waals surface area (Å²) in [5.41, 5.74) is 0.931. The normalized spacial score (nSPS) is 12.2. The van der Waals surface area contributed by atoms with E-state index in [1.807, 2.05) is 0 Å². The molecule has 0 radical (unpaired) electrons. The fourth-order valence-corrected chi connectivity index (χ4v) is 5.09. The van der Waals surface area contributed by atoms with Crippen LogP contribution in [-0.2, 0) is 16.6 Å². The summed E-state index contributed by atoms with van der Waals surface area (Å²) in [6.45, 7) is 0.329. The topological polar surface area (TPSA) is 103 Å². The van der Waals surface area contributed by atoms with E-state index >= 15 is 0 Å². The van der Waals surface area contributed by atoms with Crippen molar-refractivity contribution in [2.24, 2.45) is 0 Å². The average Bonchev–Trinajstić information content (AvgIpc) is 3.38. The van der Waals surface area contributed by atoms with Crippen molar-refractivity contribution in [1.29, 1.82) is 0 Å². The highest BCUT2D eigenvalue weighted by molar-refractivity contribution is 7.92. The monoisotopic (exact) mass is 570 g/mol. The second kappa shape index (κ2) is 10.8. The number of halogens is 2. The molecule has 2 N–H and O–H groups in total. The van der Waals surface area contributed by atoms with Crippen LogP contribution in [0.3, 0.4) is 0 Å². The molecular weight excluding hydrogens is 551 g/mol. The van der Waals surface area contributed by atoms with Crippen LogP contribution in [0.4, 0.5) is 5.69 Å². The number of ether oxygens (including phenoxy) is 3. The molecule has 1 heterocycles. The highest BCUT2D eigenvalue weighted by Crippen LogP contribution is 2.33. The summed E-state index contributed by atoms with van der Waals surface area (Å²) in [5.74, 6) is 1.57. The van der Waals surface area contributed by atoms with E-state index in [0.29, 0.717) is 28.0 Å². The number of amides is 1. The van der Waals surface area contributed by atoms with Gasteiger partial charge in [-0.05, 0) is 72.3 Å². The van der Waals surface area contributed by atoms with Gasteiger partial charge in [0.05, 0.1) is 21.2 Å². The molecule has 1 aliphatic heterocycles. The molecule has 0 saturated heterocycles. The quantitative estimate of drug-likeness (QED) is 0.259. The predicted molar refractivity (Wildman–Crippen MR) is 144 cm³/mol. The smallest absolute Gasteiger partial charge is 0.261 e. The Bertz CT molecular complexity index is 1610. The van der Waals surface area contributed by atoms with E-state index in [4.69, 9.17) is 37.4 Å². The highest BCUT2D eigenvalue weighted by atomic mass is 35.5. The molecule has 0 spiro atoms. The number of para-hydroxylation sites is 1. The summed E-state index contributed by atoms with van der Waals surface area (Å²) in [6, 6.07) is 22.4. The van der Waals surface area contributed by atoms with E-state index in [1.54, 1.807) is 42.5 Å². The zero-order valence-electron chi connectivity index (χ0n) is 19.6. The molecule has 38 heavy (non-hydrogen) atoms. The average molecular weight is 571 g/mol. The van der Waals surface area contributed by atoms with Crippen molar-refractivity contribution in [3.63, 3.8) is 0 Å². The van der Waals surface area contributed by atoms with Gasteiger partial charge in [0.2, 0.25) is 6.79 Å². The lowest BCUT2D eigenvalue weighted by Gasteiger charge is -2.14. The molecule has 11 heteroatoms. The third-order valence-corrected chi connectivity index (χ3v) is 7.49. The second-order valence-electron chi connectivity index (χ2n) is 8.17. The van der Waals surface area contributed by atoms with Gasteiger partial charge in [0, 0.05) is 11.6 Å². The van der Waals surface area contributed by atoms with Gasteiger partial charge in [-0.3, -0.25) is 9.52 Å². The number of carbonyl (C=O) groups excluding carboxylic acids is 1. The number of fused-ring (bicyclic) bond motifs is 1. The third-order valence-electron chi connectivity index (χ3n) is 5.56. The number of anilines is 1. The van der Waals surface area contributed by atoms with E-state index in [2.05, 4.69) is 10.0 Å². The van der Waals surface area contributed by atoms with Crippen molar-refractivity contribution in [2.75, 3.05) is 11.5 Å². The lowest BCUT2D eigenvalue weighted by Crippen LogP contribution is -2.25. The minimum absolute atomic E-state index is 0.0225. The highest BCUT2D eigenvalue weighted by Gasteiger charge is 2.20. The summed E-state index contributed by atoms with van der Waals surface area (Å²) in [7, 11) is -4.04. The van der Waals surface area contributed by atoms with Crippen LogP contribution in [0.5, 0.6) is 23.0 Å². The Morgan fingerprint density at radius 3 is 2.45 bits per heavy atom. The van der Waals surface area contributed by atoms with Crippen LogP contribution >= 0.6 is 23.2 Å². The maximum atomic E-state index is 13.1. The predicted octanol–water partition coefficient (Wildman–Crippen LogP) is 6.25. The van der Waals surface area contributed by atoms with Gasteiger partial charge in [-0.15, -0.1) is 0 Å². The molecule has 0 aromatic heterocycles. The fourth-order valence-electron chi connectivity index (χ4n) is 3.67. The van der Waals surface area contributed by atoms with Crippen LogP contribution in [0.15, 0.2) is 89.8 Å². The number of hydrogen-bond donors (Lipinski definition) is 2. The summed E-state index contributed by atoms with van der Waals surface area (Å²) in [6.07, 6.45) is 0. The van der Waals surface area contributed by atoms with Gasteiger partial charge in [-0.25, -0.2) is 8.42 Å². The number of sulfonamides is 1. The molecule has 0 bridgehead atoms. The second-order valence-corrected chi connectivity index (χ2v) is 10.7. The number of nitrogens with one attached hydrogen (secondary N) is 2. The van der Waals surface area contributed by atoms with Crippen LogP contribution in [0.25, 0.3) is 0 Å². The van der Waals surface area contributed by atoms with Gasteiger partial charge < -0.3 is 19.5 Å². The van der Waals surface area contributed by atoms with Crippen molar-refractivity contribution in [3.8, 4) is 23.0 Å². The number of carbonyl (C=O) groups is 1. The Morgan fingerprint density at radius 2 is 1.66 bits per heavy atom. The zero-order valence-corrected chi connectivity index (χ0v) is 21.9. The Balaban J connectivity index is 1.30. The Hall–Kier alpha value is -3.92. The molecule has 0 aliphatic carbocycles. The van der Waals surface area contributed by atoms with Crippen molar-refractivity contribution < 1.29 is 27.4 Å². The van der Waals surface area contributed by atoms with Crippen molar-refractivity contribution in [2.45, 2.75) is 11.4 Å². The molecule has 0 atom stereocenters. The van der Waals surface area contributed by atoms with E-state index < -0.39 is 15.9 Å². The van der Waals surface area contributed by atoms with Gasteiger partial charge in [0.15, 0.2) is 11.5 Å². The first kappa shape index (κ1) is 25.7. The fraction of sp³-hybridized carbons (Fsp3) is 0.0741. The Labute approximate surface area is 229 Å². The SMILES string of the molecule is O=C(NCc1ccc2c(c1)OCO2)c1cc(Cl)ccc1NS(=O)(=O)c1ccc(Oc2ccccc2Cl)cc1. The van der Waals surface area contributed by atoms with Crippen molar-refractivity contribution >= 4 is 44.8 Å². The van der Waals surface area contributed by atoms with E-state index in [1.165, 1.54) is 42.5 Å². The summed E-state index contributed by atoms with van der Waals surface area (Å²) >= 11 is 12.2. The number of hydrogen-bond acceptors (Lipinski definition) is 6. The zero-order chi connectivity index (χ0) is 26.7. The molecule has 194 valence electrons. The maximum Gasteiger partial charge on any atom is 0.261 e. The Morgan fingerprint density at radius 1 is 0.895 bits per heavy atom. The van der Waals surface area contributed by atoms with Crippen LogP contribution in [0.1, 0.15) is 15.9 Å². The molecular formula is C27H20Cl2N2O6S. The van der Waals surface area contributed by atoms with Crippen molar-refractivity contribution in [1.82, 2.24) is 5.32 Å². The lowest BCUT2D eigenvalue weighted by molar-refractivity contribution is 0.0951. The standard InChI is InChI=1S/C27H20Cl2N2O6S/c28-18-6-11-23(21(14-18)27(32)30-15-17-5-12-25-26(13-17)36-16-35-25)31-38(33,34)20-9-7-19(8-10-20)37-24-4-2-1-3-22(24)29/h1-14,31H,15-16H2,(H,30,32). The molecule has 1 amide bonds. The van der Waals surface area contributed by atoms with Gasteiger partial charge in [0.1, 0.15) is 11.5 Å². The van der Waals surface area contributed by atoms with Gasteiger partial charge in [-0.1, -0.05) is 41.4 Å². The molecule has 8 nitrogen and oxygen atoms in total. The molecule has 5 rings (SSSR count). The van der Waals surface area contributed by atoms with Crippen molar-refractivity contribution in [3.05, 3.63) is 106 Å². The number of rotatable bonds is 8. The minimum atomic E-state index is -4.04. The van der Waals surface area contributed by atoms with Gasteiger partial charge in [0.25, 0.3) is 15.9 Å². The first-order valence-electron chi connectivity index (χ1n) is 11.3. The minimum Gasteiger partial charge on any atom is -0.456 e. The van der Waals surface area contributed by atoms with Gasteiger partial charge in [-0.2, -0.15) is 0 Å². The van der Waals surface area contributed by atoms with Crippen LogP contribution in [0.2, 0.25) is 10.0 Å². The Kier molecular flexibility index (Phi) is 7.33. The van der Waals surface area contributed by atoms with E-state index in [0.717, 1.165) is 5.56 Å². The first-order chi connectivity index (χ1) is 18.3. The van der Waals surface area contributed by atoms with Crippen LogP contribution in [0, 0.1) is 0 Å².